The van der Waals surface area contributed by atoms with Crippen LogP contribution < -0.4 is 14.9 Å². The average Bonchev–Trinajstić information content (AvgIpc) is 2.48. The summed E-state index contributed by atoms with van der Waals surface area (Å²) >= 11 is 0. The predicted octanol–water partition coefficient (Wildman–Crippen LogP) is 2.91. The third kappa shape index (κ3) is 5.85. The summed E-state index contributed by atoms with van der Waals surface area (Å²) in [6.07, 6.45) is -0.296. The molecule has 0 radical (unpaired) electrons. The molecule has 8 nitrogen and oxygen atoms in total. The summed E-state index contributed by atoms with van der Waals surface area (Å²) in [6, 6.07) is 6.24. The van der Waals surface area contributed by atoms with E-state index in [2.05, 4.69) is 10.4 Å². The van der Waals surface area contributed by atoms with Crippen LogP contribution in [0.4, 0.5) is 5.69 Å². The minimum absolute atomic E-state index is 0.213. The van der Waals surface area contributed by atoms with E-state index >= 15 is 0 Å². The van der Waals surface area contributed by atoms with Gasteiger partial charge in [-0.05, 0) is 37.1 Å². The fourth-order valence-electron chi connectivity index (χ4n) is 2.00. The SMILES string of the molecule is COCP(=O)(N[C@](C)(C(=O)O)C(C)C)Oc1ccc(NC(C)=O)cc1. The zero-order valence-electron chi connectivity index (χ0n) is 15.0. The van der Waals surface area contributed by atoms with E-state index in [1.165, 1.54) is 33.1 Å². The van der Waals surface area contributed by atoms with Gasteiger partial charge >= 0.3 is 13.5 Å². The van der Waals surface area contributed by atoms with E-state index < -0.39 is 19.0 Å². The maximum absolute atomic E-state index is 13.1. The molecule has 0 saturated carbocycles. The number of benzene rings is 1. The fourth-order valence-corrected chi connectivity index (χ4v) is 4.03. The van der Waals surface area contributed by atoms with Gasteiger partial charge in [0.15, 0.2) is 0 Å². The number of carboxylic acids is 1. The molecular formula is C16H25N2O6P. The number of carboxylic acid groups (broad SMARTS) is 1. The summed E-state index contributed by atoms with van der Waals surface area (Å²) in [5, 5.41) is 14.7. The number of nitrogens with one attached hydrogen (secondary N) is 2. The topological polar surface area (TPSA) is 114 Å². The molecule has 140 valence electrons. The van der Waals surface area contributed by atoms with Crippen LogP contribution in [0.1, 0.15) is 27.7 Å². The van der Waals surface area contributed by atoms with Gasteiger partial charge in [-0.1, -0.05) is 13.8 Å². The van der Waals surface area contributed by atoms with Gasteiger partial charge in [0.1, 0.15) is 17.6 Å². The van der Waals surface area contributed by atoms with Crippen molar-refractivity contribution in [1.29, 1.82) is 0 Å². The first kappa shape index (κ1) is 21.2. The van der Waals surface area contributed by atoms with Crippen molar-refractivity contribution in [2.75, 3.05) is 18.8 Å². The summed E-state index contributed by atoms with van der Waals surface area (Å²) in [4.78, 5) is 22.7. The van der Waals surface area contributed by atoms with E-state index in [1.54, 1.807) is 26.0 Å². The second-order valence-electron chi connectivity index (χ2n) is 6.16. The van der Waals surface area contributed by atoms with Crippen LogP contribution in [0.15, 0.2) is 24.3 Å². The predicted molar refractivity (Wildman–Crippen MR) is 94.9 cm³/mol. The molecule has 0 aromatic heterocycles. The van der Waals surface area contributed by atoms with Crippen molar-refractivity contribution in [2.24, 2.45) is 5.92 Å². The molecule has 3 N–H and O–H groups in total. The molecule has 0 aliphatic heterocycles. The Morgan fingerprint density at radius 2 is 1.84 bits per heavy atom. The van der Waals surface area contributed by atoms with Crippen molar-refractivity contribution in [3.05, 3.63) is 24.3 Å². The van der Waals surface area contributed by atoms with Crippen LogP contribution >= 0.6 is 7.52 Å². The quantitative estimate of drug-likeness (QED) is 0.571. The summed E-state index contributed by atoms with van der Waals surface area (Å²) in [6.45, 7) is 6.26. The Labute approximate surface area is 147 Å². The van der Waals surface area contributed by atoms with Crippen LogP contribution in [0, 0.1) is 5.92 Å². The fraction of sp³-hybridized carbons (Fsp3) is 0.500. The second-order valence-corrected chi connectivity index (χ2v) is 8.17. The second kappa shape index (κ2) is 8.47. The third-order valence-electron chi connectivity index (χ3n) is 3.73. The average molecular weight is 372 g/mol. The Kier molecular flexibility index (Phi) is 7.17. The lowest BCUT2D eigenvalue weighted by molar-refractivity contribution is -0.145. The molecule has 0 fully saturated rings. The Balaban J connectivity index is 3.03. The van der Waals surface area contributed by atoms with Crippen LogP contribution in [0.25, 0.3) is 0 Å². The molecule has 0 saturated heterocycles. The lowest BCUT2D eigenvalue weighted by Gasteiger charge is -2.34. The van der Waals surface area contributed by atoms with Crippen molar-refractivity contribution >= 4 is 25.1 Å². The van der Waals surface area contributed by atoms with Gasteiger partial charge in [0.2, 0.25) is 5.91 Å². The summed E-state index contributed by atoms with van der Waals surface area (Å²) in [5.74, 6) is -1.43. The maximum Gasteiger partial charge on any atom is 0.342 e. The number of anilines is 1. The van der Waals surface area contributed by atoms with Crippen LogP contribution in [0.2, 0.25) is 0 Å². The number of carbonyl (C=O) groups excluding carboxylic acids is 1. The normalized spacial score (nSPS) is 15.9. The van der Waals surface area contributed by atoms with E-state index in [1.807, 2.05) is 0 Å². The van der Waals surface area contributed by atoms with Crippen molar-refractivity contribution in [3.8, 4) is 5.75 Å². The van der Waals surface area contributed by atoms with Crippen LogP contribution in [-0.4, -0.2) is 36.0 Å². The van der Waals surface area contributed by atoms with Crippen molar-refractivity contribution in [1.82, 2.24) is 5.09 Å². The largest absolute Gasteiger partial charge is 0.480 e. The Morgan fingerprint density at radius 1 is 1.28 bits per heavy atom. The van der Waals surface area contributed by atoms with Crippen LogP contribution in [0.3, 0.4) is 0 Å². The van der Waals surface area contributed by atoms with Crippen molar-refractivity contribution < 1.29 is 28.5 Å². The number of rotatable bonds is 9. The van der Waals surface area contributed by atoms with Gasteiger partial charge < -0.3 is 19.7 Å². The Hall–Kier alpha value is -1.89. The highest BCUT2D eigenvalue weighted by Crippen LogP contribution is 2.46. The van der Waals surface area contributed by atoms with E-state index in [0.717, 1.165) is 0 Å². The van der Waals surface area contributed by atoms with Gasteiger partial charge in [0, 0.05) is 19.7 Å². The van der Waals surface area contributed by atoms with E-state index in [9.17, 15) is 19.3 Å². The highest BCUT2D eigenvalue weighted by atomic mass is 31.2. The number of amides is 1. The molecule has 1 rings (SSSR count). The zero-order valence-corrected chi connectivity index (χ0v) is 15.9. The lowest BCUT2D eigenvalue weighted by atomic mass is 9.90. The first-order chi connectivity index (χ1) is 11.5. The number of methoxy groups -OCH3 is 1. The lowest BCUT2D eigenvalue weighted by Crippen LogP contribution is -2.52. The highest BCUT2D eigenvalue weighted by molar-refractivity contribution is 7.57. The van der Waals surface area contributed by atoms with Gasteiger partial charge in [-0.2, -0.15) is 0 Å². The molecule has 2 atom stereocenters. The first-order valence-electron chi connectivity index (χ1n) is 7.70. The Bertz CT molecular complexity index is 661. The van der Waals surface area contributed by atoms with Gasteiger partial charge in [-0.3, -0.25) is 14.2 Å². The van der Waals surface area contributed by atoms with E-state index in [4.69, 9.17) is 9.26 Å². The maximum atomic E-state index is 13.1. The monoisotopic (exact) mass is 372 g/mol. The van der Waals surface area contributed by atoms with E-state index in [0.29, 0.717) is 5.69 Å². The highest BCUT2D eigenvalue weighted by Gasteiger charge is 2.43. The number of hydrogen-bond acceptors (Lipinski definition) is 5. The molecule has 0 aliphatic rings. The molecule has 1 unspecified atom stereocenters. The van der Waals surface area contributed by atoms with Crippen molar-refractivity contribution in [3.63, 3.8) is 0 Å². The number of hydrogen-bond donors (Lipinski definition) is 3. The smallest absolute Gasteiger partial charge is 0.342 e. The molecule has 1 amide bonds. The van der Waals surface area contributed by atoms with Crippen LogP contribution in [-0.2, 0) is 18.9 Å². The van der Waals surface area contributed by atoms with Crippen LogP contribution in [0.5, 0.6) is 5.75 Å². The van der Waals surface area contributed by atoms with Crippen molar-refractivity contribution in [2.45, 2.75) is 33.2 Å². The minimum atomic E-state index is -3.65. The summed E-state index contributed by atoms with van der Waals surface area (Å²) in [7, 11) is -2.30. The third-order valence-corrected chi connectivity index (χ3v) is 5.64. The molecule has 0 heterocycles. The molecule has 1 aromatic carbocycles. The summed E-state index contributed by atoms with van der Waals surface area (Å²) < 4.78 is 23.6. The molecular weight excluding hydrogens is 347 g/mol. The standard InChI is InChI=1S/C16H25N2O6P/c1-11(2)16(4,15(20)21)18-25(22,10-23-5)24-14-8-6-13(7-9-14)17-12(3)19/h6-9,11H,10H2,1-5H3,(H,17,19)(H,18,22)(H,20,21)/t16-,25?/m0/s1. The minimum Gasteiger partial charge on any atom is -0.480 e. The Morgan fingerprint density at radius 3 is 2.24 bits per heavy atom. The summed E-state index contributed by atoms with van der Waals surface area (Å²) in [5.41, 5.74) is -0.892. The zero-order chi connectivity index (χ0) is 19.3. The van der Waals surface area contributed by atoms with Gasteiger partial charge in [-0.15, -0.1) is 0 Å². The molecule has 9 heteroatoms. The van der Waals surface area contributed by atoms with E-state index in [-0.39, 0.29) is 23.9 Å². The molecule has 1 aromatic rings. The van der Waals surface area contributed by atoms with Gasteiger partial charge in [0.05, 0.1) is 0 Å². The molecule has 0 aliphatic carbocycles. The first-order valence-corrected chi connectivity index (χ1v) is 9.51. The van der Waals surface area contributed by atoms with Gasteiger partial charge in [-0.25, -0.2) is 5.09 Å². The number of aliphatic carboxylic acids is 1. The number of carbonyl (C=O) groups is 2. The molecule has 0 spiro atoms. The molecule has 0 bridgehead atoms. The molecule has 25 heavy (non-hydrogen) atoms. The van der Waals surface area contributed by atoms with Gasteiger partial charge in [0.25, 0.3) is 0 Å². The number of ether oxygens (including phenoxy) is 1.